The Morgan fingerprint density at radius 3 is 2.67 bits per heavy atom. The summed E-state index contributed by atoms with van der Waals surface area (Å²) < 4.78 is 5.66. The number of ether oxygens (including phenoxy) is 1. The second kappa shape index (κ2) is 8.62. The summed E-state index contributed by atoms with van der Waals surface area (Å²) in [5.41, 5.74) is -0.449. The molecule has 1 aromatic rings. The molecule has 5 nitrogen and oxygen atoms in total. The second-order valence-corrected chi connectivity index (χ2v) is 5.33. The van der Waals surface area contributed by atoms with E-state index in [1.54, 1.807) is 0 Å². The molecule has 0 aliphatic rings. The summed E-state index contributed by atoms with van der Waals surface area (Å²) >= 11 is 5.32. The molecule has 6 heteroatoms. The van der Waals surface area contributed by atoms with E-state index >= 15 is 0 Å². The van der Waals surface area contributed by atoms with Crippen molar-refractivity contribution >= 4 is 22.5 Å². The summed E-state index contributed by atoms with van der Waals surface area (Å²) in [6, 6.07) is 4.11. The second-order valence-electron chi connectivity index (χ2n) is 4.99. The third kappa shape index (κ3) is 5.71. The lowest BCUT2D eigenvalue weighted by molar-refractivity contribution is -0.385. The number of nitrogens with zero attached hydrogens (tertiary/aromatic N) is 1. The van der Waals surface area contributed by atoms with Gasteiger partial charge in [-0.2, -0.15) is 0 Å². The largest absolute Gasteiger partial charge is 0.490 e. The first-order valence-corrected chi connectivity index (χ1v) is 7.48. The van der Waals surface area contributed by atoms with Gasteiger partial charge < -0.3 is 4.74 Å². The number of benzene rings is 1. The van der Waals surface area contributed by atoms with E-state index in [9.17, 15) is 14.9 Å². The number of halogens is 1. The first kappa shape index (κ1) is 17.4. The Bertz CT molecular complexity index is 504. The Balaban J connectivity index is 2.69. The number of hydrogen-bond acceptors (Lipinski definition) is 4. The average molecular weight is 314 g/mol. The van der Waals surface area contributed by atoms with Crippen molar-refractivity contribution in [3.8, 4) is 5.75 Å². The van der Waals surface area contributed by atoms with E-state index in [0.29, 0.717) is 5.75 Å². The molecule has 0 saturated carbocycles. The van der Waals surface area contributed by atoms with Crippen LogP contribution in [0.25, 0.3) is 0 Å². The average Bonchev–Trinajstić information content (AvgIpc) is 2.43. The van der Waals surface area contributed by atoms with Gasteiger partial charge in [-0.1, -0.05) is 26.2 Å². The van der Waals surface area contributed by atoms with Crippen molar-refractivity contribution < 1.29 is 14.5 Å². The Hall–Kier alpha value is -1.62. The summed E-state index contributed by atoms with van der Waals surface area (Å²) in [7, 11) is 0. The normalized spacial score (nSPS) is 12.0. The number of hydrogen-bond donors (Lipinski definition) is 0. The lowest BCUT2D eigenvalue weighted by Gasteiger charge is -2.14. The van der Waals surface area contributed by atoms with Gasteiger partial charge in [0.1, 0.15) is 11.3 Å². The van der Waals surface area contributed by atoms with Crippen molar-refractivity contribution in [3.63, 3.8) is 0 Å². The minimum atomic E-state index is -0.846. The molecular formula is C15H20ClNO4. The van der Waals surface area contributed by atoms with Gasteiger partial charge in [0.25, 0.3) is 10.9 Å². The van der Waals surface area contributed by atoms with Gasteiger partial charge in [-0.05, 0) is 43.5 Å². The van der Waals surface area contributed by atoms with E-state index in [0.717, 1.165) is 19.3 Å². The monoisotopic (exact) mass is 313 g/mol. The Morgan fingerprint density at radius 2 is 2.10 bits per heavy atom. The predicted octanol–water partition coefficient (Wildman–Crippen LogP) is 4.71. The molecule has 0 radical (unpaired) electrons. The third-order valence-electron chi connectivity index (χ3n) is 3.18. The molecule has 1 atom stereocenters. The van der Waals surface area contributed by atoms with Gasteiger partial charge in [0.05, 0.1) is 17.1 Å². The zero-order valence-corrected chi connectivity index (χ0v) is 13.1. The van der Waals surface area contributed by atoms with Crippen LogP contribution in [0.1, 0.15) is 56.3 Å². The Labute approximate surface area is 129 Å². The molecule has 0 heterocycles. The third-order valence-corrected chi connectivity index (χ3v) is 3.38. The maximum Gasteiger partial charge on any atom is 0.285 e. The van der Waals surface area contributed by atoms with Crippen LogP contribution in [-0.2, 0) is 0 Å². The summed E-state index contributed by atoms with van der Waals surface area (Å²) in [6.07, 6.45) is 5.46. The van der Waals surface area contributed by atoms with Gasteiger partial charge in [0.15, 0.2) is 0 Å². The number of unbranched alkanes of at least 4 members (excludes halogenated alkanes) is 3. The minimum absolute atomic E-state index is 0.0287. The molecule has 116 valence electrons. The van der Waals surface area contributed by atoms with Crippen LogP contribution in [-0.4, -0.2) is 16.3 Å². The molecule has 0 bridgehead atoms. The number of carbonyl (C=O) groups is 1. The van der Waals surface area contributed by atoms with Crippen LogP contribution in [0.3, 0.4) is 0 Å². The maximum absolute atomic E-state index is 11.1. The van der Waals surface area contributed by atoms with Gasteiger partial charge in [-0.15, -0.1) is 0 Å². The molecule has 1 rings (SSSR count). The minimum Gasteiger partial charge on any atom is -0.490 e. The van der Waals surface area contributed by atoms with E-state index < -0.39 is 10.2 Å². The summed E-state index contributed by atoms with van der Waals surface area (Å²) in [5, 5.41) is 10.1. The van der Waals surface area contributed by atoms with Crippen LogP contribution in [0.4, 0.5) is 5.69 Å². The lowest BCUT2D eigenvalue weighted by atomic mass is 10.1. The van der Waals surface area contributed by atoms with Crippen LogP contribution >= 0.6 is 11.6 Å². The van der Waals surface area contributed by atoms with E-state index in [4.69, 9.17) is 16.3 Å². The van der Waals surface area contributed by atoms with Gasteiger partial charge in [-0.25, -0.2) is 0 Å². The molecule has 0 N–H and O–H groups in total. The Morgan fingerprint density at radius 1 is 1.38 bits per heavy atom. The summed E-state index contributed by atoms with van der Waals surface area (Å²) in [5.74, 6) is 0.381. The predicted molar refractivity (Wildman–Crippen MR) is 82.1 cm³/mol. The van der Waals surface area contributed by atoms with Crippen molar-refractivity contribution in [3.05, 3.63) is 33.9 Å². The lowest BCUT2D eigenvalue weighted by Crippen LogP contribution is -2.12. The van der Waals surface area contributed by atoms with Crippen LogP contribution in [0.15, 0.2) is 18.2 Å². The molecule has 21 heavy (non-hydrogen) atoms. The van der Waals surface area contributed by atoms with Crippen molar-refractivity contribution in [1.29, 1.82) is 0 Å². The van der Waals surface area contributed by atoms with Crippen LogP contribution in [0.5, 0.6) is 5.75 Å². The fourth-order valence-electron chi connectivity index (χ4n) is 2.05. The van der Waals surface area contributed by atoms with Crippen molar-refractivity contribution in [2.75, 3.05) is 0 Å². The molecular weight excluding hydrogens is 294 g/mol. The number of nitro groups is 1. The number of carbonyl (C=O) groups excluding carboxylic acids is 1. The maximum atomic E-state index is 11.1. The van der Waals surface area contributed by atoms with E-state index in [1.807, 2.05) is 6.92 Å². The highest BCUT2D eigenvalue weighted by Gasteiger charge is 2.20. The van der Waals surface area contributed by atoms with Gasteiger partial charge >= 0.3 is 0 Å². The summed E-state index contributed by atoms with van der Waals surface area (Å²) in [6.45, 7) is 4.08. The SMILES string of the molecule is CCCCCCC(C)Oc1ccc(C(=O)Cl)c([N+](=O)[O-])c1. The van der Waals surface area contributed by atoms with Crippen molar-refractivity contribution in [1.82, 2.24) is 0 Å². The van der Waals surface area contributed by atoms with Gasteiger partial charge in [-0.3, -0.25) is 14.9 Å². The summed E-state index contributed by atoms with van der Waals surface area (Å²) in [4.78, 5) is 21.4. The molecule has 0 aliphatic heterocycles. The molecule has 0 aliphatic carbocycles. The smallest absolute Gasteiger partial charge is 0.285 e. The molecule has 0 spiro atoms. The standard InChI is InChI=1S/C15H20ClNO4/c1-3-4-5-6-7-11(2)21-12-8-9-13(15(16)18)14(10-12)17(19)20/h8-11H,3-7H2,1-2H3. The van der Waals surface area contributed by atoms with E-state index in [2.05, 4.69) is 6.92 Å². The molecule has 0 saturated heterocycles. The molecule has 1 aromatic carbocycles. The highest BCUT2D eigenvalue weighted by atomic mass is 35.5. The zero-order chi connectivity index (χ0) is 15.8. The number of rotatable bonds is 9. The van der Waals surface area contributed by atoms with Crippen LogP contribution in [0.2, 0.25) is 0 Å². The highest BCUT2D eigenvalue weighted by molar-refractivity contribution is 6.68. The fourth-order valence-corrected chi connectivity index (χ4v) is 2.21. The molecule has 0 fully saturated rings. The Kier molecular flexibility index (Phi) is 7.15. The van der Waals surface area contributed by atoms with Crippen LogP contribution in [0, 0.1) is 10.1 Å². The topological polar surface area (TPSA) is 69.4 Å². The highest BCUT2D eigenvalue weighted by Crippen LogP contribution is 2.27. The first-order chi connectivity index (χ1) is 9.95. The molecule has 1 unspecified atom stereocenters. The first-order valence-electron chi connectivity index (χ1n) is 7.10. The van der Waals surface area contributed by atoms with E-state index in [-0.39, 0.29) is 17.4 Å². The van der Waals surface area contributed by atoms with Crippen LogP contribution < -0.4 is 4.74 Å². The van der Waals surface area contributed by atoms with Crippen molar-refractivity contribution in [2.24, 2.45) is 0 Å². The van der Waals surface area contributed by atoms with Gasteiger partial charge in [0, 0.05) is 0 Å². The zero-order valence-electron chi connectivity index (χ0n) is 12.3. The fraction of sp³-hybridized carbons (Fsp3) is 0.533. The van der Waals surface area contributed by atoms with Gasteiger partial charge in [0.2, 0.25) is 0 Å². The van der Waals surface area contributed by atoms with Crippen molar-refractivity contribution in [2.45, 2.75) is 52.1 Å². The number of nitro benzene ring substituents is 1. The molecule has 0 aromatic heterocycles. The quantitative estimate of drug-likeness (QED) is 0.286. The molecule has 0 amide bonds. The van der Waals surface area contributed by atoms with E-state index in [1.165, 1.54) is 31.0 Å².